The van der Waals surface area contributed by atoms with Crippen molar-refractivity contribution in [2.24, 2.45) is 0 Å². The molecule has 1 aromatic heterocycles. The van der Waals surface area contributed by atoms with Crippen LogP contribution in [-0.4, -0.2) is 35.2 Å². The van der Waals surface area contributed by atoms with Crippen LogP contribution >= 0.6 is 27.3 Å². The predicted molar refractivity (Wildman–Crippen MR) is 75.3 cm³/mol. The lowest BCUT2D eigenvalue weighted by Crippen LogP contribution is -2.36. The summed E-state index contributed by atoms with van der Waals surface area (Å²) in [5.41, 5.74) is 0. The number of halogens is 1. The normalized spacial score (nSPS) is 18.8. The molecule has 1 saturated heterocycles. The van der Waals surface area contributed by atoms with Gasteiger partial charge in [-0.1, -0.05) is 13.3 Å². The molecule has 1 aliphatic rings. The third-order valence-corrected chi connectivity index (χ3v) is 4.74. The van der Waals surface area contributed by atoms with Crippen molar-refractivity contribution < 1.29 is 14.4 Å². The molecule has 0 radical (unpaired) electrons. The number of ketones is 1. The molecule has 0 aromatic carbocycles. The summed E-state index contributed by atoms with van der Waals surface area (Å²) >= 11 is 4.56. The van der Waals surface area contributed by atoms with E-state index in [2.05, 4.69) is 21.2 Å². The van der Waals surface area contributed by atoms with Crippen LogP contribution < -0.4 is 5.32 Å². The Balaban J connectivity index is 2.07. The van der Waals surface area contributed by atoms with Crippen LogP contribution in [0.3, 0.4) is 0 Å². The highest BCUT2D eigenvalue weighted by Crippen LogP contribution is 2.24. The highest BCUT2D eigenvalue weighted by molar-refractivity contribution is 9.10. The van der Waals surface area contributed by atoms with Gasteiger partial charge < -0.3 is 5.32 Å². The fraction of sp³-hybridized carbons (Fsp3) is 0.417. The number of carbonyl (C=O) groups is 3. The summed E-state index contributed by atoms with van der Waals surface area (Å²) in [6.07, 6.45) is 1.40. The number of amides is 3. The average Bonchev–Trinajstić information content (AvgIpc) is 2.89. The Labute approximate surface area is 123 Å². The fourth-order valence-corrected chi connectivity index (χ4v) is 3.44. The molecule has 1 aliphatic heterocycles. The molecule has 0 saturated carbocycles. The van der Waals surface area contributed by atoms with Gasteiger partial charge in [0.05, 0.1) is 11.4 Å². The van der Waals surface area contributed by atoms with Gasteiger partial charge in [-0.15, -0.1) is 11.3 Å². The second-order valence-corrected chi connectivity index (χ2v) is 6.01. The Bertz CT molecular complexity index is 529. The zero-order valence-electron chi connectivity index (χ0n) is 10.3. The number of imide groups is 1. The quantitative estimate of drug-likeness (QED) is 0.658. The van der Waals surface area contributed by atoms with Crippen LogP contribution in [-0.2, 0) is 4.79 Å². The largest absolute Gasteiger partial charge is 0.326 e. The Morgan fingerprint density at radius 1 is 1.53 bits per heavy atom. The Hall–Kier alpha value is -1.21. The van der Waals surface area contributed by atoms with Crippen molar-refractivity contribution in [3.8, 4) is 0 Å². The topological polar surface area (TPSA) is 66.5 Å². The van der Waals surface area contributed by atoms with E-state index in [1.165, 1.54) is 11.3 Å². The molecule has 5 nitrogen and oxygen atoms in total. The molecule has 1 fully saturated rings. The maximum absolute atomic E-state index is 12.0. The maximum Gasteiger partial charge on any atom is 0.325 e. The molecule has 2 heterocycles. The molecule has 1 N–H and O–H groups in total. The minimum Gasteiger partial charge on any atom is -0.326 e. The Morgan fingerprint density at radius 2 is 2.26 bits per heavy atom. The van der Waals surface area contributed by atoms with Crippen molar-refractivity contribution in [2.75, 3.05) is 6.54 Å². The first-order chi connectivity index (χ1) is 9.04. The summed E-state index contributed by atoms with van der Waals surface area (Å²) in [5.74, 6) is -0.546. The van der Waals surface area contributed by atoms with Crippen LogP contribution in [0.2, 0.25) is 0 Å². The molecule has 3 amide bonds. The number of urea groups is 1. The van der Waals surface area contributed by atoms with Crippen LogP contribution in [0, 0.1) is 0 Å². The van der Waals surface area contributed by atoms with E-state index in [-0.39, 0.29) is 18.2 Å². The van der Waals surface area contributed by atoms with E-state index in [4.69, 9.17) is 0 Å². The lowest BCUT2D eigenvalue weighted by Gasteiger charge is -2.11. The first-order valence-corrected chi connectivity index (χ1v) is 7.60. The molecule has 0 aliphatic carbocycles. The van der Waals surface area contributed by atoms with Crippen LogP contribution in [0.4, 0.5) is 4.79 Å². The number of hydrogen-bond donors (Lipinski definition) is 1. The summed E-state index contributed by atoms with van der Waals surface area (Å²) in [4.78, 5) is 37.2. The number of carbonyl (C=O) groups excluding carboxylic acids is 3. The second-order valence-electron chi connectivity index (χ2n) is 4.24. The first-order valence-electron chi connectivity index (χ1n) is 5.92. The van der Waals surface area contributed by atoms with Crippen LogP contribution in [0.25, 0.3) is 0 Å². The monoisotopic (exact) mass is 344 g/mol. The molecule has 0 bridgehead atoms. The van der Waals surface area contributed by atoms with E-state index in [9.17, 15) is 14.4 Å². The Morgan fingerprint density at radius 3 is 2.84 bits per heavy atom. The molecule has 19 heavy (non-hydrogen) atoms. The lowest BCUT2D eigenvalue weighted by molar-refractivity contribution is -0.127. The lowest BCUT2D eigenvalue weighted by atomic mass is 10.1. The van der Waals surface area contributed by atoms with E-state index in [1.807, 2.05) is 6.92 Å². The fourth-order valence-electron chi connectivity index (χ4n) is 1.92. The summed E-state index contributed by atoms with van der Waals surface area (Å²) < 4.78 is 0.694. The standard InChI is InChI=1S/C12H13BrN2O3S/c1-2-3-8-11(17)15(12(18)14-8)6-9(16)10-7(13)4-5-19-10/h4-5,8H,2-3,6H2,1H3,(H,14,18). The van der Waals surface area contributed by atoms with E-state index >= 15 is 0 Å². The van der Waals surface area contributed by atoms with Gasteiger partial charge in [0.25, 0.3) is 5.91 Å². The third-order valence-electron chi connectivity index (χ3n) is 2.86. The number of thiophene rings is 1. The van der Waals surface area contributed by atoms with Gasteiger partial charge in [0.1, 0.15) is 6.04 Å². The van der Waals surface area contributed by atoms with Crippen molar-refractivity contribution in [1.29, 1.82) is 0 Å². The first kappa shape index (κ1) is 14.2. The van der Waals surface area contributed by atoms with E-state index < -0.39 is 12.1 Å². The van der Waals surface area contributed by atoms with Crippen LogP contribution in [0.1, 0.15) is 29.4 Å². The van der Waals surface area contributed by atoms with E-state index in [0.717, 1.165) is 11.3 Å². The second kappa shape index (κ2) is 5.83. The van der Waals surface area contributed by atoms with Gasteiger partial charge in [-0.3, -0.25) is 14.5 Å². The minimum absolute atomic E-state index is 0.204. The molecular formula is C12H13BrN2O3S. The summed E-state index contributed by atoms with van der Waals surface area (Å²) in [6, 6.07) is 0.797. The number of nitrogens with zero attached hydrogens (tertiary/aromatic N) is 1. The van der Waals surface area contributed by atoms with Gasteiger partial charge in [-0.2, -0.15) is 0 Å². The summed E-state index contributed by atoms with van der Waals surface area (Å²) in [7, 11) is 0. The highest BCUT2D eigenvalue weighted by Gasteiger charge is 2.38. The zero-order chi connectivity index (χ0) is 14.0. The summed E-state index contributed by atoms with van der Waals surface area (Å²) in [6.45, 7) is 1.74. The molecular weight excluding hydrogens is 332 g/mol. The van der Waals surface area contributed by atoms with Crippen molar-refractivity contribution in [1.82, 2.24) is 10.2 Å². The van der Waals surface area contributed by atoms with Crippen molar-refractivity contribution >= 4 is 45.0 Å². The number of rotatable bonds is 5. The summed E-state index contributed by atoms with van der Waals surface area (Å²) in [5, 5.41) is 4.38. The molecule has 0 spiro atoms. The van der Waals surface area contributed by atoms with Gasteiger partial charge in [-0.25, -0.2) is 4.79 Å². The SMILES string of the molecule is CCCC1NC(=O)N(CC(=O)c2sccc2Br)C1=O. The average molecular weight is 345 g/mol. The van der Waals surface area contributed by atoms with Gasteiger partial charge in [0.15, 0.2) is 5.78 Å². The molecule has 1 aromatic rings. The van der Waals surface area contributed by atoms with Gasteiger partial charge >= 0.3 is 6.03 Å². The van der Waals surface area contributed by atoms with E-state index in [1.54, 1.807) is 11.4 Å². The molecule has 1 atom stereocenters. The van der Waals surface area contributed by atoms with E-state index in [0.29, 0.717) is 15.8 Å². The van der Waals surface area contributed by atoms with Crippen LogP contribution in [0.5, 0.6) is 0 Å². The van der Waals surface area contributed by atoms with Gasteiger partial charge in [0.2, 0.25) is 0 Å². The molecule has 1 unspecified atom stereocenters. The highest BCUT2D eigenvalue weighted by atomic mass is 79.9. The van der Waals surface area contributed by atoms with Gasteiger partial charge in [0, 0.05) is 4.47 Å². The smallest absolute Gasteiger partial charge is 0.325 e. The zero-order valence-corrected chi connectivity index (χ0v) is 12.7. The Kier molecular flexibility index (Phi) is 4.36. The minimum atomic E-state index is -0.489. The predicted octanol–water partition coefficient (Wildman–Crippen LogP) is 2.41. The maximum atomic E-state index is 12.0. The van der Waals surface area contributed by atoms with Crippen LogP contribution in [0.15, 0.2) is 15.9 Å². The number of Topliss-reactive ketones (excluding diaryl/α,β-unsaturated/α-hetero) is 1. The van der Waals surface area contributed by atoms with Crippen molar-refractivity contribution in [3.63, 3.8) is 0 Å². The molecule has 102 valence electrons. The van der Waals surface area contributed by atoms with Crippen molar-refractivity contribution in [2.45, 2.75) is 25.8 Å². The third kappa shape index (κ3) is 2.87. The molecule has 7 heteroatoms. The van der Waals surface area contributed by atoms with Crippen molar-refractivity contribution in [3.05, 3.63) is 20.8 Å². The molecule has 2 rings (SSSR count). The number of hydrogen-bond acceptors (Lipinski definition) is 4. The number of nitrogens with one attached hydrogen (secondary N) is 1. The van der Waals surface area contributed by atoms with Gasteiger partial charge in [-0.05, 0) is 33.8 Å².